The van der Waals surface area contributed by atoms with Crippen LogP contribution in [0.25, 0.3) is 16.0 Å². The first-order chi connectivity index (χ1) is 12.6. The van der Waals surface area contributed by atoms with Gasteiger partial charge in [0.15, 0.2) is 5.69 Å². The molecule has 0 bridgehead atoms. The van der Waals surface area contributed by atoms with E-state index < -0.39 is 0 Å². The van der Waals surface area contributed by atoms with Gasteiger partial charge in [-0.25, -0.2) is 4.85 Å². The van der Waals surface area contributed by atoms with Crippen molar-refractivity contribution in [2.75, 3.05) is 0 Å². The van der Waals surface area contributed by atoms with Gasteiger partial charge in [-0.1, -0.05) is 41.5 Å². The molecule has 0 unspecified atom stereocenters. The Morgan fingerprint density at radius 1 is 1.00 bits per heavy atom. The van der Waals surface area contributed by atoms with Crippen LogP contribution >= 0.6 is 0 Å². The number of ether oxygens (including phenoxy) is 1. The summed E-state index contributed by atoms with van der Waals surface area (Å²) in [6, 6.07) is 19.2. The minimum absolute atomic E-state index is 0.451. The summed E-state index contributed by atoms with van der Waals surface area (Å²) in [6.07, 6.45) is 0.817. The molecule has 0 N–H and O–H groups in total. The van der Waals surface area contributed by atoms with E-state index in [1.54, 1.807) is 24.3 Å². The summed E-state index contributed by atoms with van der Waals surface area (Å²) in [7, 11) is 0. The zero-order chi connectivity index (χ0) is 18.5. The van der Waals surface area contributed by atoms with E-state index in [4.69, 9.17) is 11.3 Å². The number of benzene rings is 3. The second kappa shape index (κ2) is 7.67. The van der Waals surface area contributed by atoms with Crippen molar-refractivity contribution in [3.63, 3.8) is 0 Å². The van der Waals surface area contributed by atoms with Crippen molar-refractivity contribution < 1.29 is 9.53 Å². The van der Waals surface area contributed by atoms with Gasteiger partial charge in [-0.3, -0.25) is 4.79 Å². The van der Waals surface area contributed by atoms with Crippen molar-refractivity contribution in [2.45, 2.75) is 20.5 Å². The Hall–Kier alpha value is -3.38. The monoisotopic (exact) mass is 341 g/mol. The van der Waals surface area contributed by atoms with Gasteiger partial charge in [0.05, 0.1) is 6.57 Å². The van der Waals surface area contributed by atoms with E-state index in [0.29, 0.717) is 17.9 Å². The molecular formula is C23H19NO2. The highest BCUT2D eigenvalue weighted by molar-refractivity contribution is 5.75. The largest absolute Gasteiger partial charge is 0.489 e. The van der Waals surface area contributed by atoms with Gasteiger partial charge in [-0.2, -0.15) is 0 Å². The van der Waals surface area contributed by atoms with Crippen LogP contribution in [-0.4, -0.2) is 6.29 Å². The standard InChI is InChI=1S/C23H19NO2/c1-16-11-21(24-3)12-17(2)23(16)20-6-4-5-19(13-20)15-26-22-9-7-18(14-25)8-10-22/h4-14H,15H2,1-2H3. The Balaban J connectivity index is 1.82. The maximum Gasteiger partial charge on any atom is 0.187 e. The Morgan fingerprint density at radius 3 is 2.31 bits per heavy atom. The summed E-state index contributed by atoms with van der Waals surface area (Å²) in [5.41, 5.74) is 6.84. The highest BCUT2D eigenvalue weighted by Gasteiger charge is 2.08. The molecule has 3 nitrogen and oxygen atoms in total. The minimum Gasteiger partial charge on any atom is -0.489 e. The van der Waals surface area contributed by atoms with Crippen LogP contribution < -0.4 is 4.74 Å². The van der Waals surface area contributed by atoms with Crippen LogP contribution in [0.1, 0.15) is 27.0 Å². The highest BCUT2D eigenvalue weighted by Crippen LogP contribution is 2.31. The van der Waals surface area contributed by atoms with Crippen LogP contribution in [-0.2, 0) is 6.61 Å². The number of hydrogen-bond donors (Lipinski definition) is 0. The Labute approximate surface area is 153 Å². The molecule has 0 saturated carbocycles. The normalized spacial score (nSPS) is 10.2. The molecule has 3 rings (SSSR count). The number of carbonyl (C=O) groups excluding carboxylic acids is 1. The first-order valence-corrected chi connectivity index (χ1v) is 8.37. The van der Waals surface area contributed by atoms with Crippen molar-refractivity contribution in [2.24, 2.45) is 0 Å². The molecule has 0 radical (unpaired) electrons. The van der Waals surface area contributed by atoms with Crippen molar-refractivity contribution in [3.8, 4) is 16.9 Å². The summed E-state index contributed by atoms with van der Waals surface area (Å²) >= 11 is 0. The fraction of sp³-hybridized carbons (Fsp3) is 0.130. The van der Waals surface area contributed by atoms with E-state index in [-0.39, 0.29) is 0 Å². The molecule has 3 aromatic rings. The second-order valence-corrected chi connectivity index (χ2v) is 6.24. The average molecular weight is 341 g/mol. The fourth-order valence-electron chi connectivity index (χ4n) is 3.09. The van der Waals surface area contributed by atoms with Gasteiger partial charge in [0, 0.05) is 5.56 Å². The van der Waals surface area contributed by atoms with Gasteiger partial charge in [0.1, 0.15) is 18.6 Å². The Bertz CT molecular complexity index is 959. The van der Waals surface area contributed by atoms with Gasteiger partial charge >= 0.3 is 0 Å². The smallest absolute Gasteiger partial charge is 0.187 e. The molecule has 0 aliphatic carbocycles. The molecular weight excluding hydrogens is 322 g/mol. The third kappa shape index (κ3) is 3.81. The van der Waals surface area contributed by atoms with Gasteiger partial charge in [0.2, 0.25) is 0 Å². The van der Waals surface area contributed by atoms with Crippen LogP contribution in [0.4, 0.5) is 5.69 Å². The molecule has 128 valence electrons. The molecule has 0 spiro atoms. The van der Waals surface area contributed by atoms with Crippen molar-refractivity contribution in [1.29, 1.82) is 0 Å². The van der Waals surface area contributed by atoms with Crippen LogP contribution in [0, 0.1) is 20.4 Å². The summed E-state index contributed by atoms with van der Waals surface area (Å²) in [6.45, 7) is 11.7. The van der Waals surface area contributed by atoms with E-state index in [1.165, 1.54) is 0 Å². The third-order valence-electron chi connectivity index (χ3n) is 4.28. The molecule has 0 saturated heterocycles. The van der Waals surface area contributed by atoms with Crippen LogP contribution in [0.2, 0.25) is 0 Å². The van der Waals surface area contributed by atoms with Gasteiger partial charge in [-0.05, 0) is 60.9 Å². The summed E-state index contributed by atoms with van der Waals surface area (Å²) in [5.74, 6) is 0.731. The topological polar surface area (TPSA) is 30.7 Å². The summed E-state index contributed by atoms with van der Waals surface area (Å²) < 4.78 is 5.82. The number of aryl methyl sites for hydroxylation is 2. The zero-order valence-corrected chi connectivity index (χ0v) is 14.8. The Kier molecular flexibility index (Phi) is 5.15. The van der Waals surface area contributed by atoms with E-state index in [0.717, 1.165) is 39.9 Å². The van der Waals surface area contributed by atoms with Crippen LogP contribution in [0.15, 0.2) is 60.7 Å². The van der Waals surface area contributed by atoms with Crippen molar-refractivity contribution in [3.05, 3.63) is 94.3 Å². The average Bonchev–Trinajstić information content (AvgIpc) is 2.66. The second-order valence-electron chi connectivity index (χ2n) is 6.24. The molecule has 3 aromatic carbocycles. The molecule has 0 aromatic heterocycles. The zero-order valence-electron chi connectivity index (χ0n) is 14.8. The lowest BCUT2D eigenvalue weighted by atomic mass is 9.94. The highest BCUT2D eigenvalue weighted by atomic mass is 16.5. The van der Waals surface area contributed by atoms with Gasteiger partial charge in [0.25, 0.3) is 0 Å². The van der Waals surface area contributed by atoms with Gasteiger partial charge < -0.3 is 4.74 Å². The van der Waals surface area contributed by atoms with Crippen molar-refractivity contribution >= 4 is 12.0 Å². The summed E-state index contributed by atoms with van der Waals surface area (Å²) in [4.78, 5) is 14.2. The van der Waals surface area contributed by atoms with Crippen LogP contribution in [0.5, 0.6) is 5.75 Å². The number of nitrogens with zero attached hydrogens (tertiary/aromatic N) is 1. The minimum atomic E-state index is 0.451. The molecule has 0 heterocycles. The molecule has 0 aliphatic rings. The van der Waals surface area contributed by atoms with E-state index in [2.05, 4.69) is 17.0 Å². The number of aldehydes is 1. The lowest BCUT2D eigenvalue weighted by molar-refractivity contribution is 0.112. The number of hydrogen-bond acceptors (Lipinski definition) is 2. The van der Waals surface area contributed by atoms with E-state index in [9.17, 15) is 4.79 Å². The summed E-state index contributed by atoms with van der Waals surface area (Å²) in [5, 5.41) is 0. The predicted octanol–water partition coefficient (Wildman–Crippen LogP) is 5.91. The molecule has 3 heteroatoms. The molecule has 0 atom stereocenters. The van der Waals surface area contributed by atoms with E-state index in [1.807, 2.05) is 38.1 Å². The predicted molar refractivity (Wildman–Crippen MR) is 104 cm³/mol. The molecule has 0 fully saturated rings. The lowest BCUT2D eigenvalue weighted by Gasteiger charge is -2.13. The quantitative estimate of drug-likeness (QED) is 0.426. The maximum atomic E-state index is 10.7. The van der Waals surface area contributed by atoms with Crippen molar-refractivity contribution in [1.82, 2.24) is 0 Å². The van der Waals surface area contributed by atoms with Gasteiger partial charge in [-0.15, -0.1) is 0 Å². The lowest BCUT2D eigenvalue weighted by Crippen LogP contribution is -1.96. The Morgan fingerprint density at radius 2 is 1.69 bits per heavy atom. The first-order valence-electron chi connectivity index (χ1n) is 8.37. The molecule has 0 amide bonds. The first kappa shape index (κ1) is 17.4. The molecule has 0 aliphatic heterocycles. The van der Waals surface area contributed by atoms with Crippen LogP contribution in [0.3, 0.4) is 0 Å². The maximum absolute atomic E-state index is 10.7. The fourth-order valence-corrected chi connectivity index (χ4v) is 3.09. The number of carbonyl (C=O) groups is 1. The SMILES string of the molecule is [C-]#[N+]c1cc(C)c(-c2cccc(COc3ccc(C=O)cc3)c2)c(C)c1. The number of rotatable bonds is 5. The van der Waals surface area contributed by atoms with E-state index >= 15 is 0 Å². The molecule has 26 heavy (non-hydrogen) atoms. The third-order valence-corrected chi connectivity index (χ3v) is 4.28.